The van der Waals surface area contributed by atoms with Crippen molar-refractivity contribution in [1.82, 2.24) is 4.57 Å². The van der Waals surface area contributed by atoms with Crippen molar-refractivity contribution in [3.05, 3.63) is 34.9 Å². The number of hydrogen-bond donors (Lipinski definition) is 0. The summed E-state index contributed by atoms with van der Waals surface area (Å²) in [5.41, 5.74) is 1.06. The lowest BCUT2D eigenvalue weighted by Gasteiger charge is -2.13. The van der Waals surface area contributed by atoms with Crippen LogP contribution < -0.4 is 0 Å². The van der Waals surface area contributed by atoms with Crippen LogP contribution in [0.15, 0.2) is 34.9 Å². The van der Waals surface area contributed by atoms with E-state index < -0.39 is 10.1 Å². The van der Waals surface area contributed by atoms with Gasteiger partial charge in [0.25, 0.3) is 10.1 Å². The first-order valence-corrected chi connectivity index (χ1v) is 8.09. The van der Waals surface area contributed by atoms with Crippen molar-refractivity contribution in [3.63, 3.8) is 0 Å². The van der Waals surface area contributed by atoms with E-state index >= 15 is 0 Å². The molecule has 0 aliphatic carbocycles. The first-order valence-electron chi connectivity index (χ1n) is 5.48. The molecule has 0 spiro atoms. The molecular weight excluding hydrogens is 318 g/mol. The van der Waals surface area contributed by atoms with E-state index in [1.807, 2.05) is 35.0 Å². The Balaban J connectivity index is 2.22. The third-order valence-electron chi connectivity index (χ3n) is 2.53. The zero-order valence-corrected chi connectivity index (χ0v) is 12.5. The van der Waals surface area contributed by atoms with Crippen molar-refractivity contribution >= 4 is 37.0 Å². The SMILES string of the molecule is CC(Cn1ccc2cc(Br)ccc21)OS(C)(=O)=O. The van der Waals surface area contributed by atoms with E-state index in [1.54, 1.807) is 6.92 Å². The van der Waals surface area contributed by atoms with Gasteiger partial charge in [-0.1, -0.05) is 15.9 Å². The molecule has 2 aromatic rings. The van der Waals surface area contributed by atoms with Crippen LogP contribution in [0, 0.1) is 0 Å². The molecule has 1 atom stereocenters. The molecule has 98 valence electrons. The topological polar surface area (TPSA) is 48.3 Å². The molecule has 0 aliphatic rings. The number of nitrogens with zero attached hydrogens (tertiary/aromatic N) is 1. The van der Waals surface area contributed by atoms with E-state index in [2.05, 4.69) is 15.9 Å². The van der Waals surface area contributed by atoms with Gasteiger partial charge in [-0.2, -0.15) is 8.42 Å². The highest BCUT2D eigenvalue weighted by atomic mass is 79.9. The molecule has 0 bridgehead atoms. The van der Waals surface area contributed by atoms with Gasteiger partial charge in [-0.25, -0.2) is 0 Å². The molecule has 6 heteroatoms. The molecule has 0 N–H and O–H groups in total. The summed E-state index contributed by atoms with van der Waals surface area (Å²) in [5, 5.41) is 1.11. The van der Waals surface area contributed by atoms with Crippen LogP contribution in [0.4, 0.5) is 0 Å². The summed E-state index contributed by atoms with van der Waals surface area (Å²) >= 11 is 3.42. The van der Waals surface area contributed by atoms with Gasteiger partial charge in [0.05, 0.1) is 18.9 Å². The molecule has 0 saturated heterocycles. The van der Waals surface area contributed by atoms with E-state index in [4.69, 9.17) is 4.18 Å². The molecule has 1 aromatic heterocycles. The van der Waals surface area contributed by atoms with E-state index in [0.29, 0.717) is 6.54 Å². The Morgan fingerprint density at radius 2 is 2.11 bits per heavy atom. The van der Waals surface area contributed by atoms with Crippen molar-refractivity contribution < 1.29 is 12.6 Å². The minimum atomic E-state index is -3.41. The monoisotopic (exact) mass is 331 g/mol. The standard InChI is InChI=1S/C12H14BrNO3S/c1-9(17-18(2,15)16)8-14-6-5-10-7-11(13)3-4-12(10)14/h3-7,9H,8H2,1-2H3. The van der Waals surface area contributed by atoms with E-state index in [1.165, 1.54) is 0 Å². The summed E-state index contributed by atoms with van der Waals surface area (Å²) in [7, 11) is -3.41. The molecule has 1 aromatic carbocycles. The zero-order chi connectivity index (χ0) is 13.3. The van der Waals surface area contributed by atoms with Gasteiger partial charge in [0.2, 0.25) is 0 Å². The average molecular weight is 332 g/mol. The lowest BCUT2D eigenvalue weighted by Crippen LogP contribution is -2.19. The minimum Gasteiger partial charge on any atom is -0.345 e. The maximum Gasteiger partial charge on any atom is 0.264 e. The van der Waals surface area contributed by atoms with Gasteiger partial charge in [0, 0.05) is 21.6 Å². The van der Waals surface area contributed by atoms with Gasteiger partial charge < -0.3 is 4.57 Å². The minimum absolute atomic E-state index is 0.390. The van der Waals surface area contributed by atoms with Crippen LogP contribution in [-0.4, -0.2) is 25.3 Å². The van der Waals surface area contributed by atoms with Crippen molar-refractivity contribution in [3.8, 4) is 0 Å². The molecule has 1 heterocycles. The average Bonchev–Trinajstić information content (AvgIpc) is 2.57. The number of halogens is 1. The highest BCUT2D eigenvalue weighted by Gasteiger charge is 2.12. The second kappa shape index (κ2) is 5.03. The molecule has 1 unspecified atom stereocenters. The van der Waals surface area contributed by atoms with Crippen molar-refractivity contribution in [2.75, 3.05) is 6.26 Å². The fraction of sp³-hybridized carbons (Fsp3) is 0.333. The number of rotatable bonds is 4. The lowest BCUT2D eigenvalue weighted by atomic mass is 10.2. The van der Waals surface area contributed by atoms with Gasteiger partial charge in [-0.15, -0.1) is 0 Å². The Kier molecular flexibility index (Phi) is 3.79. The molecule has 0 radical (unpaired) electrons. The normalized spacial score (nSPS) is 13.9. The van der Waals surface area contributed by atoms with Crippen molar-refractivity contribution in [2.45, 2.75) is 19.6 Å². The fourth-order valence-electron chi connectivity index (χ4n) is 1.94. The first kappa shape index (κ1) is 13.6. The highest BCUT2D eigenvalue weighted by molar-refractivity contribution is 9.10. The number of benzene rings is 1. The van der Waals surface area contributed by atoms with E-state index in [9.17, 15) is 8.42 Å². The van der Waals surface area contributed by atoms with Crippen LogP contribution in [-0.2, 0) is 20.8 Å². The molecular formula is C12H14BrNO3S. The Bertz CT molecular complexity index is 663. The number of hydrogen-bond acceptors (Lipinski definition) is 3. The summed E-state index contributed by atoms with van der Waals surface area (Å²) in [4.78, 5) is 0. The molecule has 4 nitrogen and oxygen atoms in total. The number of fused-ring (bicyclic) bond motifs is 1. The second-order valence-corrected chi connectivity index (χ2v) is 6.80. The Labute approximate surface area is 115 Å². The van der Waals surface area contributed by atoms with Gasteiger partial charge in [-0.05, 0) is 31.2 Å². The van der Waals surface area contributed by atoms with E-state index in [-0.39, 0.29) is 6.10 Å². The molecule has 2 rings (SSSR count). The van der Waals surface area contributed by atoms with Gasteiger partial charge in [0.15, 0.2) is 0 Å². The van der Waals surface area contributed by atoms with Crippen LogP contribution in [0.2, 0.25) is 0 Å². The summed E-state index contributed by atoms with van der Waals surface area (Å²) in [6, 6.07) is 7.97. The Morgan fingerprint density at radius 1 is 1.39 bits per heavy atom. The van der Waals surface area contributed by atoms with Crippen LogP contribution in [0.1, 0.15) is 6.92 Å². The molecule has 0 amide bonds. The third-order valence-corrected chi connectivity index (χ3v) is 3.70. The second-order valence-electron chi connectivity index (χ2n) is 4.28. The van der Waals surface area contributed by atoms with Crippen LogP contribution in [0.5, 0.6) is 0 Å². The summed E-state index contributed by atoms with van der Waals surface area (Å²) in [6.45, 7) is 2.24. The summed E-state index contributed by atoms with van der Waals surface area (Å²) < 4.78 is 30.0. The molecule has 0 saturated carbocycles. The maximum absolute atomic E-state index is 11.0. The molecule has 0 aliphatic heterocycles. The highest BCUT2D eigenvalue weighted by Crippen LogP contribution is 2.21. The zero-order valence-electron chi connectivity index (χ0n) is 10.1. The van der Waals surface area contributed by atoms with Crippen LogP contribution in [0.3, 0.4) is 0 Å². The lowest BCUT2D eigenvalue weighted by molar-refractivity contribution is 0.211. The van der Waals surface area contributed by atoms with E-state index in [0.717, 1.165) is 21.6 Å². The maximum atomic E-state index is 11.0. The van der Waals surface area contributed by atoms with Crippen LogP contribution in [0.25, 0.3) is 10.9 Å². The first-order chi connectivity index (χ1) is 8.35. The number of aromatic nitrogens is 1. The van der Waals surface area contributed by atoms with Gasteiger partial charge in [-0.3, -0.25) is 4.18 Å². The molecule has 18 heavy (non-hydrogen) atoms. The fourth-order valence-corrected chi connectivity index (χ4v) is 2.97. The Morgan fingerprint density at radius 3 is 2.78 bits per heavy atom. The predicted octanol–water partition coefficient (Wildman–Crippen LogP) is 2.77. The quantitative estimate of drug-likeness (QED) is 0.809. The summed E-state index contributed by atoms with van der Waals surface area (Å²) in [6.07, 6.45) is 2.60. The van der Waals surface area contributed by atoms with Gasteiger partial charge >= 0.3 is 0 Å². The largest absolute Gasteiger partial charge is 0.345 e. The van der Waals surface area contributed by atoms with Crippen molar-refractivity contribution in [1.29, 1.82) is 0 Å². The van der Waals surface area contributed by atoms with Crippen LogP contribution >= 0.6 is 15.9 Å². The third kappa shape index (κ3) is 3.34. The Hall–Kier alpha value is -0.850. The van der Waals surface area contributed by atoms with Gasteiger partial charge in [0.1, 0.15) is 0 Å². The predicted molar refractivity (Wildman–Crippen MR) is 75.0 cm³/mol. The molecule has 0 fully saturated rings. The summed E-state index contributed by atoms with van der Waals surface area (Å²) in [5.74, 6) is 0. The van der Waals surface area contributed by atoms with Crippen molar-refractivity contribution in [2.24, 2.45) is 0 Å². The smallest absolute Gasteiger partial charge is 0.264 e.